The third kappa shape index (κ3) is 3.25. The van der Waals surface area contributed by atoms with E-state index < -0.39 is 11.6 Å². The normalized spacial score (nSPS) is 18.5. The Kier molecular flexibility index (Phi) is 4.11. The minimum atomic E-state index is -0.504. The number of benzene rings is 1. The van der Waals surface area contributed by atoms with Crippen LogP contribution < -0.4 is 0 Å². The molecule has 2 rings (SSSR count). The van der Waals surface area contributed by atoms with Crippen molar-refractivity contribution < 1.29 is 8.78 Å². The highest BCUT2D eigenvalue weighted by Crippen LogP contribution is 2.22. The fourth-order valence-corrected chi connectivity index (χ4v) is 2.44. The second-order valence-electron chi connectivity index (χ2n) is 4.86. The first kappa shape index (κ1) is 12.5. The molecule has 1 saturated heterocycles. The zero-order valence-electron chi connectivity index (χ0n) is 10.3. The molecular weight excluding hydrogens is 220 g/mol. The maximum atomic E-state index is 13.5. The van der Waals surface area contributed by atoms with Gasteiger partial charge >= 0.3 is 0 Å². The topological polar surface area (TPSA) is 3.24 Å². The third-order valence-electron chi connectivity index (χ3n) is 3.69. The van der Waals surface area contributed by atoms with E-state index >= 15 is 0 Å². The number of likely N-dealkylation sites (tertiary alicyclic amines) is 1. The summed E-state index contributed by atoms with van der Waals surface area (Å²) in [7, 11) is 0. The van der Waals surface area contributed by atoms with Crippen LogP contribution in [0.1, 0.15) is 31.7 Å². The van der Waals surface area contributed by atoms with E-state index in [1.165, 1.54) is 25.3 Å². The van der Waals surface area contributed by atoms with Gasteiger partial charge in [-0.1, -0.05) is 19.4 Å². The molecule has 0 amide bonds. The molecule has 0 atom stereocenters. The molecule has 0 radical (unpaired) electrons. The summed E-state index contributed by atoms with van der Waals surface area (Å²) in [5, 5.41) is 0. The zero-order chi connectivity index (χ0) is 12.3. The van der Waals surface area contributed by atoms with Gasteiger partial charge in [-0.2, -0.15) is 0 Å². The monoisotopic (exact) mass is 239 g/mol. The summed E-state index contributed by atoms with van der Waals surface area (Å²) in [6.45, 7) is 4.87. The summed E-state index contributed by atoms with van der Waals surface area (Å²) >= 11 is 0. The minimum Gasteiger partial charge on any atom is -0.299 e. The van der Waals surface area contributed by atoms with Gasteiger partial charge in [-0.25, -0.2) is 8.78 Å². The first-order chi connectivity index (χ1) is 8.19. The third-order valence-corrected chi connectivity index (χ3v) is 3.69. The van der Waals surface area contributed by atoms with Crippen molar-refractivity contribution >= 4 is 0 Å². The average molecular weight is 239 g/mol. The predicted octanol–water partition coefficient (Wildman–Crippen LogP) is 3.59. The molecule has 1 heterocycles. The quantitative estimate of drug-likeness (QED) is 0.779. The van der Waals surface area contributed by atoms with Gasteiger partial charge in [-0.3, -0.25) is 4.90 Å². The Morgan fingerprint density at radius 1 is 1.24 bits per heavy atom. The molecular formula is C14H19F2N. The number of rotatable bonds is 3. The van der Waals surface area contributed by atoms with Crippen molar-refractivity contribution in [3.8, 4) is 0 Å². The highest BCUT2D eigenvalue weighted by molar-refractivity contribution is 5.18. The van der Waals surface area contributed by atoms with Crippen LogP contribution in [0.5, 0.6) is 0 Å². The minimum absolute atomic E-state index is 0.428. The van der Waals surface area contributed by atoms with Crippen molar-refractivity contribution in [1.29, 1.82) is 0 Å². The lowest BCUT2D eigenvalue weighted by atomic mass is 9.94. The van der Waals surface area contributed by atoms with Gasteiger partial charge in [-0.15, -0.1) is 0 Å². The molecule has 0 bridgehead atoms. The fourth-order valence-electron chi connectivity index (χ4n) is 2.44. The van der Waals surface area contributed by atoms with Gasteiger partial charge in [0.2, 0.25) is 0 Å². The van der Waals surface area contributed by atoms with Crippen LogP contribution in [0.15, 0.2) is 18.2 Å². The number of halogens is 2. The van der Waals surface area contributed by atoms with Gasteiger partial charge in [0.1, 0.15) is 11.6 Å². The summed E-state index contributed by atoms with van der Waals surface area (Å²) < 4.78 is 26.3. The molecule has 1 fully saturated rings. The predicted molar refractivity (Wildman–Crippen MR) is 64.7 cm³/mol. The summed E-state index contributed by atoms with van der Waals surface area (Å²) in [6.07, 6.45) is 3.62. The van der Waals surface area contributed by atoms with Crippen molar-refractivity contribution in [2.24, 2.45) is 5.92 Å². The van der Waals surface area contributed by atoms with E-state index in [9.17, 15) is 8.78 Å². The van der Waals surface area contributed by atoms with Gasteiger partial charge in [0.15, 0.2) is 0 Å². The van der Waals surface area contributed by atoms with E-state index in [1.54, 1.807) is 6.07 Å². The number of hydrogen-bond donors (Lipinski definition) is 0. The van der Waals surface area contributed by atoms with Crippen molar-refractivity contribution in [3.05, 3.63) is 35.4 Å². The van der Waals surface area contributed by atoms with E-state index in [0.717, 1.165) is 25.1 Å². The van der Waals surface area contributed by atoms with Crippen molar-refractivity contribution in [2.75, 3.05) is 13.1 Å². The molecule has 1 aliphatic rings. The first-order valence-electron chi connectivity index (χ1n) is 6.35. The molecule has 3 heteroatoms. The molecule has 0 aliphatic carbocycles. The Hall–Kier alpha value is -0.960. The van der Waals surface area contributed by atoms with E-state index in [2.05, 4.69) is 11.8 Å². The van der Waals surface area contributed by atoms with Crippen molar-refractivity contribution in [3.63, 3.8) is 0 Å². The molecule has 94 valence electrons. The van der Waals surface area contributed by atoms with E-state index in [4.69, 9.17) is 0 Å². The van der Waals surface area contributed by atoms with Crippen LogP contribution in [0.4, 0.5) is 8.78 Å². The van der Waals surface area contributed by atoms with Crippen LogP contribution >= 0.6 is 0 Å². The summed E-state index contributed by atoms with van der Waals surface area (Å²) in [4.78, 5) is 2.25. The lowest BCUT2D eigenvalue weighted by Gasteiger charge is -2.31. The Balaban J connectivity index is 1.93. The van der Waals surface area contributed by atoms with Crippen LogP contribution in [-0.4, -0.2) is 18.0 Å². The lowest BCUT2D eigenvalue weighted by Crippen LogP contribution is -2.33. The number of hydrogen-bond acceptors (Lipinski definition) is 1. The molecule has 0 unspecified atom stereocenters. The highest BCUT2D eigenvalue weighted by Gasteiger charge is 2.18. The summed E-state index contributed by atoms with van der Waals surface area (Å²) in [6, 6.07) is 3.85. The molecule has 1 aliphatic heterocycles. The Morgan fingerprint density at radius 2 is 1.94 bits per heavy atom. The van der Waals surface area contributed by atoms with Crippen molar-refractivity contribution in [1.82, 2.24) is 4.90 Å². The standard InChI is InChI=1S/C14H19F2N/c1-2-11-5-7-17(8-6-11)10-12-3-4-13(15)9-14(12)16/h3-4,9,11H,2,5-8,10H2,1H3. The highest BCUT2D eigenvalue weighted by atomic mass is 19.1. The second-order valence-corrected chi connectivity index (χ2v) is 4.86. The lowest BCUT2D eigenvalue weighted by molar-refractivity contribution is 0.173. The van der Waals surface area contributed by atoms with Gasteiger partial charge in [0.05, 0.1) is 0 Å². The first-order valence-corrected chi connectivity index (χ1v) is 6.35. The fraction of sp³-hybridized carbons (Fsp3) is 0.571. The maximum Gasteiger partial charge on any atom is 0.130 e. The largest absolute Gasteiger partial charge is 0.299 e. The zero-order valence-corrected chi connectivity index (χ0v) is 10.3. The molecule has 1 nitrogen and oxygen atoms in total. The molecule has 17 heavy (non-hydrogen) atoms. The molecule has 1 aromatic rings. The Labute approximate surface area is 101 Å². The van der Waals surface area contributed by atoms with Gasteiger partial charge in [-0.05, 0) is 37.9 Å². The van der Waals surface area contributed by atoms with E-state index in [1.807, 2.05) is 0 Å². The molecule has 0 saturated carbocycles. The molecule has 1 aromatic carbocycles. The van der Waals surface area contributed by atoms with Gasteiger partial charge < -0.3 is 0 Å². The van der Waals surface area contributed by atoms with Gasteiger partial charge in [0.25, 0.3) is 0 Å². The van der Waals surface area contributed by atoms with E-state index in [-0.39, 0.29) is 0 Å². The van der Waals surface area contributed by atoms with Crippen LogP contribution in [0.3, 0.4) is 0 Å². The SMILES string of the molecule is CCC1CCN(Cc2ccc(F)cc2F)CC1. The Morgan fingerprint density at radius 3 is 2.53 bits per heavy atom. The number of piperidine rings is 1. The Bertz CT molecular complexity index is 370. The summed E-state index contributed by atoms with van der Waals surface area (Å²) in [5.74, 6) is -0.108. The molecule has 0 spiro atoms. The van der Waals surface area contributed by atoms with Crippen LogP contribution in [0.2, 0.25) is 0 Å². The smallest absolute Gasteiger partial charge is 0.130 e. The van der Waals surface area contributed by atoms with Crippen LogP contribution in [-0.2, 0) is 6.54 Å². The molecule has 0 N–H and O–H groups in total. The second kappa shape index (κ2) is 5.58. The van der Waals surface area contributed by atoms with E-state index in [0.29, 0.717) is 12.1 Å². The van der Waals surface area contributed by atoms with Gasteiger partial charge in [0, 0.05) is 18.2 Å². The van der Waals surface area contributed by atoms with Crippen LogP contribution in [0.25, 0.3) is 0 Å². The molecule has 0 aromatic heterocycles. The summed E-state index contributed by atoms with van der Waals surface area (Å²) in [5.41, 5.74) is 0.598. The maximum absolute atomic E-state index is 13.5. The average Bonchev–Trinajstić information content (AvgIpc) is 2.34. The number of nitrogens with zero attached hydrogens (tertiary/aromatic N) is 1. The van der Waals surface area contributed by atoms with Crippen molar-refractivity contribution in [2.45, 2.75) is 32.7 Å². The van der Waals surface area contributed by atoms with Crippen LogP contribution in [0, 0.1) is 17.6 Å².